The van der Waals surface area contributed by atoms with Gasteiger partial charge in [0.2, 0.25) is 10.0 Å². The Morgan fingerprint density at radius 3 is 2.15 bits per heavy atom. The number of ketones is 1. The van der Waals surface area contributed by atoms with Crippen LogP contribution in [0.15, 0.2) is 41.3 Å². The van der Waals surface area contributed by atoms with Crippen LogP contribution in [-0.4, -0.2) is 75.7 Å². The number of carbonyl (C=O) groups excluding carboxylic acids is 2. The first-order chi connectivity index (χ1) is 16.2. The van der Waals surface area contributed by atoms with E-state index in [1.54, 1.807) is 23.1 Å². The summed E-state index contributed by atoms with van der Waals surface area (Å²) in [6, 6.07) is 8.88. The molecule has 2 heterocycles. The van der Waals surface area contributed by atoms with Gasteiger partial charge < -0.3 is 14.5 Å². The van der Waals surface area contributed by atoms with E-state index in [4.69, 9.17) is 4.74 Å². The molecule has 0 aromatic heterocycles. The van der Waals surface area contributed by atoms with Crippen molar-refractivity contribution in [2.75, 3.05) is 51.3 Å². The van der Waals surface area contributed by atoms with Crippen LogP contribution in [0, 0.1) is 5.82 Å². The van der Waals surface area contributed by atoms with Gasteiger partial charge in [-0.3, -0.25) is 9.59 Å². The van der Waals surface area contributed by atoms with E-state index in [0.29, 0.717) is 50.5 Å². The second-order valence-corrected chi connectivity index (χ2v) is 10.4. The average molecular weight is 490 g/mol. The quantitative estimate of drug-likeness (QED) is 0.580. The van der Waals surface area contributed by atoms with Gasteiger partial charge >= 0.3 is 0 Å². The Balaban J connectivity index is 1.50. The van der Waals surface area contributed by atoms with E-state index in [0.717, 1.165) is 12.8 Å². The van der Waals surface area contributed by atoms with Crippen molar-refractivity contribution in [1.29, 1.82) is 0 Å². The molecule has 2 aliphatic rings. The predicted octanol–water partition coefficient (Wildman–Crippen LogP) is 2.78. The van der Waals surface area contributed by atoms with Gasteiger partial charge in [-0.1, -0.05) is 0 Å². The second-order valence-electron chi connectivity index (χ2n) is 8.48. The van der Waals surface area contributed by atoms with Crippen molar-refractivity contribution in [1.82, 2.24) is 9.21 Å². The number of ether oxygens (including phenoxy) is 1. The molecule has 8 nitrogen and oxygen atoms in total. The molecule has 2 aliphatic heterocycles. The van der Waals surface area contributed by atoms with Gasteiger partial charge in [0.05, 0.1) is 12.8 Å². The van der Waals surface area contributed by atoms with Crippen molar-refractivity contribution in [3.8, 4) is 5.75 Å². The summed E-state index contributed by atoms with van der Waals surface area (Å²) in [6.45, 7) is 3.83. The molecule has 1 amide bonds. The van der Waals surface area contributed by atoms with Gasteiger partial charge in [-0.05, 0) is 56.2 Å². The lowest BCUT2D eigenvalue weighted by Gasteiger charge is -2.36. The Labute approximate surface area is 198 Å². The largest absolute Gasteiger partial charge is 0.495 e. The number of rotatable bonds is 6. The fraction of sp³-hybridized carbons (Fsp3) is 0.417. The normalized spacial score (nSPS) is 17.1. The Bertz CT molecular complexity index is 1200. The molecule has 0 radical (unpaired) electrons. The molecule has 0 N–H and O–H groups in total. The van der Waals surface area contributed by atoms with Crippen molar-refractivity contribution in [2.45, 2.75) is 24.7 Å². The lowest BCUT2D eigenvalue weighted by molar-refractivity contribution is 0.0746. The number of nitrogens with zero attached hydrogens (tertiary/aromatic N) is 3. The van der Waals surface area contributed by atoms with E-state index >= 15 is 0 Å². The van der Waals surface area contributed by atoms with Crippen LogP contribution in [0.2, 0.25) is 0 Å². The highest BCUT2D eigenvalue weighted by atomic mass is 32.2. The van der Waals surface area contributed by atoms with Gasteiger partial charge in [0.15, 0.2) is 5.78 Å². The van der Waals surface area contributed by atoms with Crippen molar-refractivity contribution in [3.05, 3.63) is 53.3 Å². The molecule has 0 bridgehead atoms. The summed E-state index contributed by atoms with van der Waals surface area (Å²) in [5, 5.41) is 0. The van der Waals surface area contributed by atoms with Gasteiger partial charge in [-0.2, -0.15) is 4.31 Å². The third-order valence-electron chi connectivity index (χ3n) is 6.36. The molecule has 0 unspecified atom stereocenters. The number of hydrogen-bond donors (Lipinski definition) is 0. The van der Waals surface area contributed by atoms with Gasteiger partial charge in [-0.15, -0.1) is 0 Å². The molecule has 34 heavy (non-hydrogen) atoms. The Hall–Kier alpha value is -2.98. The molecule has 0 spiro atoms. The maximum atomic E-state index is 14.5. The Morgan fingerprint density at radius 2 is 1.56 bits per heavy atom. The number of amides is 1. The molecule has 2 aromatic rings. The summed E-state index contributed by atoms with van der Waals surface area (Å²) in [5.74, 6) is -0.754. The summed E-state index contributed by atoms with van der Waals surface area (Å²) in [4.78, 5) is 28.1. The van der Waals surface area contributed by atoms with Gasteiger partial charge in [0, 0.05) is 50.4 Å². The average Bonchev–Trinajstić information content (AvgIpc) is 3.39. The number of methoxy groups -OCH3 is 1. The molecule has 0 saturated carbocycles. The minimum Gasteiger partial charge on any atom is -0.495 e. The molecular weight excluding hydrogens is 461 g/mol. The van der Waals surface area contributed by atoms with Crippen LogP contribution in [0.1, 0.15) is 40.5 Å². The van der Waals surface area contributed by atoms with E-state index in [1.165, 1.54) is 36.5 Å². The number of halogens is 1. The third kappa shape index (κ3) is 4.65. The lowest BCUT2D eigenvalue weighted by atomic mass is 10.1. The lowest BCUT2D eigenvalue weighted by Crippen LogP contribution is -2.49. The van der Waals surface area contributed by atoms with Crippen molar-refractivity contribution < 1.29 is 27.1 Å². The highest BCUT2D eigenvalue weighted by Crippen LogP contribution is 2.30. The van der Waals surface area contributed by atoms with E-state index in [2.05, 4.69) is 0 Å². The molecule has 0 atom stereocenters. The summed E-state index contributed by atoms with van der Waals surface area (Å²) in [5.41, 5.74) is 0.971. The molecule has 2 saturated heterocycles. The number of anilines is 1. The number of hydrogen-bond acceptors (Lipinski definition) is 6. The molecule has 2 fully saturated rings. The predicted molar refractivity (Wildman–Crippen MR) is 126 cm³/mol. The van der Waals surface area contributed by atoms with Crippen molar-refractivity contribution in [3.63, 3.8) is 0 Å². The molecule has 2 aromatic carbocycles. The van der Waals surface area contributed by atoms with Crippen LogP contribution in [0.5, 0.6) is 5.75 Å². The van der Waals surface area contributed by atoms with Crippen LogP contribution >= 0.6 is 0 Å². The summed E-state index contributed by atoms with van der Waals surface area (Å²) in [7, 11) is -2.36. The number of carbonyl (C=O) groups is 2. The zero-order valence-corrected chi connectivity index (χ0v) is 20.1. The minimum absolute atomic E-state index is 0.00554. The fourth-order valence-corrected chi connectivity index (χ4v) is 6.09. The van der Waals surface area contributed by atoms with Crippen LogP contribution in [0.3, 0.4) is 0 Å². The highest BCUT2D eigenvalue weighted by molar-refractivity contribution is 7.89. The SMILES string of the molecule is COc1ccc(C(=O)N2CCN(c3ccc(C(C)=O)cc3F)CC2)cc1S(=O)(=O)N1CCCC1. The number of piperazine rings is 1. The maximum Gasteiger partial charge on any atom is 0.254 e. The maximum absolute atomic E-state index is 14.5. The van der Waals surface area contributed by atoms with Crippen molar-refractivity contribution in [2.24, 2.45) is 0 Å². The standard InChI is InChI=1S/C24H28FN3O5S/c1-17(29)18-5-7-21(20(25)15-18)26-11-13-27(14-12-26)24(30)19-6-8-22(33-2)23(16-19)34(31,32)28-9-3-4-10-28/h5-8,15-16H,3-4,9-14H2,1-2H3. The molecule has 10 heteroatoms. The van der Waals surface area contributed by atoms with E-state index in [1.807, 2.05) is 4.90 Å². The topological polar surface area (TPSA) is 87.2 Å². The highest BCUT2D eigenvalue weighted by Gasteiger charge is 2.32. The smallest absolute Gasteiger partial charge is 0.254 e. The van der Waals surface area contributed by atoms with E-state index in [9.17, 15) is 22.4 Å². The van der Waals surface area contributed by atoms with Crippen molar-refractivity contribution >= 4 is 27.4 Å². The molecular formula is C24H28FN3O5S. The number of sulfonamides is 1. The van der Waals surface area contributed by atoms with Crippen LogP contribution < -0.4 is 9.64 Å². The third-order valence-corrected chi connectivity index (χ3v) is 8.28. The zero-order chi connectivity index (χ0) is 24.5. The Kier molecular flexibility index (Phi) is 6.90. The number of benzene rings is 2. The first-order valence-electron chi connectivity index (χ1n) is 11.3. The Morgan fingerprint density at radius 1 is 0.912 bits per heavy atom. The summed E-state index contributed by atoms with van der Waals surface area (Å²) in [6.07, 6.45) is 1.62. The monoisotopic (exact) mass is 489 g/mol. The molecule has 4 rings (SSSR count). The van der Waals surface area contributed by atoms with Crippen LogP contribution in [-0.2, 0) is 10.0 Å². The summed E-state index contributed by atoms with van der Waals surface area (Å²) < 4.78 is 47.5. The first-order valence-corrected chi connectivity index (χ1v) is 12.7. The first kappa shape index (κ1) is 24.2. The second kappa shape index (κ2) is 9.71. The zero-order valence-electron chi connectivity index (χ0n) is 19.3. The van der Waals surface area contributed by atoms with E-state index < -0.39 is 15.8 Å². The molecule has 0 aliphatic carbocycles. The molecule has 182 valence electrons. The van der Waals surface area contributed by atoms with Gasteiger partial charge in [-0.25, -0.2) is 12.8 Å². The fourth-order valence-electron chi connectivity index (χ4n) is 4.39. The van der Waals surface area contributed by atoms with Crippen LogP contribution in [0.4, 0.5) is 10.1 Å². The van der Waals surface area contributed by atoms with Gasteiger partial charge in [0.25, 0.3) is 5.91 Å². The summed E-state index contributed by atoms with van der Waals surface area (Å²) >= 11 is 0. The van der Waals surface area contributed by atoms with Gasteiger partial charge in [0.1, 0.15) is 16.5 Å². The van der Waals surface area contributed by atoms with Crippen LogP contribution in [0.25, 0.3) is 0 Å². The number of Topliss-reactive ketones (excluding diaryl/α,β-unsaturated/α-hetero) is 1. The van der Waals surface area contributed by atoms with E-state index in [-0.39, 0.29) is 27.9 Å². The minimum atomic E-state index is -3.76.